The zero-order chi connectivity index (χ0) is 16.4. The Bertz CT molecular complexity index is 387. The molecule has 2 atom stereocenters. The second-order valence-electron chi connectivity index (χ2n) is 6.36. The smallest absolute Gasteiger partial charge is 0.119 e. The van der Waals surface area contributed by atoms with Gasteiger partial charge in [-0.2, -0.15) is 0 Å². The molecule has 4 N–H and O–H groups in total. The topological polar surface area (TPSA) is 61.3 Å². The first-order valence-corrected chi connectivity index (χ1v) is 8.76. The zero-order valence-corrected chi connectivity index (χ0v) is 14.6. The lowest BCUT2D eigenvalue weighted by molar-refractivity contribution is 0.304. The highest BCUT2D eigenvalue weighted by molar-refractivity contribution is 5.29. The van der Waals surface area contributed by atoms with Crippen molar-refractivity contribution in [2.75, 3.05) is 19.7 Å². The van der Waals surface area contributed by atoms with Gasteiger partial charge in [0.15, 0.2) is 0 Å². The average Bonchev–Trinajstić information content (AvgIpc) is 2.55. The van der Waals surface area contributed by atoms with E-state index in [-0.39, 0.29) is 0 Å². The SMILES string of the molecule is CCCCCCOc1ccc(C(C)C(C)C(CN)CN)cc1. The first-order valence-electron chi connectivity index (χ1n) is 8.76. The number of hydrogen-bond donors (Lipinski definition) is 2. The molecule has 0 heterocycles. The Morgan fingerprint density at radius 3 is 2.14 bits per heavy atom. The van der Waals surface area contributed by atoms with Crippen LogP contribution in [0.25, 0.3) is 0 Å². The molecule has 1 aromatic rings. The van der Waals surface area contributed by atoms with Gasteiger partial charge in [-0.15, -0.1) is 0 Å². The minimum absolute atomic E-state index is 0.379. The molecule has 0 aliphatic carbocycles. The van der Waals surface area contributed by atoms with Crippen LogP contribution in [0.4, 0.5) is 0 Å². The molecular weight excluding hydrogens is 272 g/mol. The van der Waals surface area contributed by atoms with E-state index in [1.165, 1.54) is 24.8 Å². The highest BCUT2D eigenvalue weighted by atomic mass is 16.5. The fraction of sp³-hybridized carbons (Fsp3) is 0.684. The van der Waals surface area contributed by atoms with Crippen molar-refractivity contribution in [1.82, 2.24) is 0 Å². The molecule has 1 rings (SSSR count). The van der Waals surface area contributed by atoms with Crippen molar-refractivity contribution in [2.45, 2.75) is 52.4 Å². The van der Waals surface area contributed by atoms with Crippen molar-refractivity contribution < 1.29 is 4.74 Å². The zero-order valence-electron chi connectivity index (χ0n) is 14.6. The fourth-order valence-electron chi connectivity index (χ4n) is 2.82. The second-order valence-corrected chi connectivity index (χ2v) is 6.36. The van der Waals surface area contributed by atoms with Crippen molar-refractivity contribution in [1.29, 1.82) is 0 Å². The van der Waals surface area contributed by atoms with Crippen LogP contribution in [0.1, 0.15) is 57.9 Å². The number of rotatable bonds is 11. The first-order chi connectivity index (χ1) is 10.6. The summed E-state index contributed by atoms with van der Waals surface area (Å²) < 4.78 is 5.80. The van der Waals surface area contributed by atoms with E-state index in [1.807, 2.05) is 0 Å². The third-order valence-corrected chi connectivity index (χ3v) is 4.81. The van der Waals surface area contributed by atoms with Crippen molar-refractivity contribution >= 4 is 0 Å². The van der Waals surface area contributed by atoms with Crippen LogP contribution in [0, 0.1) is 11.8 Å². The highest BCUT2D eigenvalue weighted by Crippen LogP contribution is 2.30. The van der Waals surface area contributed by atoms with Crippen molar-refractivity contribution in [2.24, 2.45) is 23.3 Å². The molecule has 126 valence electrons. The molecule has 0 aliphatic heterocycles. The Balaban J connectivity index is 2.49. The van der Waals surface area contributed by atoms with Gasteiger partial charge in [-0.05, 0) is 55.0 Å². The molecule has 0 aliphatic rings. The fourth-order valence-corrected chi connectivity index (χ4v) is 2.82. The molecule has 0 saturated carbocycles. The number of nitrogens with two attached hydrogens (primary N) is 2. The van der Waals surface area contributed by atoms with Gasteiger partial charge >= 0.3 is 0 Å². The maximum Gasteiger partial charge on any atom is 0.119 e. The molecule has 0 radical (unpaired) electrons. The van der Waals surface area contributed by atoms with E-state index in [0.717, 1.165) is 18.8 Å². The summed E-state index contributed by atoms with van der Waals surface area (Å²) in [6.45, 7) is 8.84. The minimum atomic E-state index is 0.379. The monoisotopic (exact) mass is 306 g/mol. The summed E-state index contributed by atoms with van der Waals surface area (Å²) >= 11 is 0. The van der Waals surface area contributed by atoms with Gasteiger partial charge in [0, 0.05) is 0 Å². The molecule has 3 heteroatoms. The van der Waals surface area contributed by atoms with E-state index in [9.17, 15) is 0 Å². The van der Waals surface area contributed by atoms with Gasteiger partial charge in [-0.3, -0.25) is 0 Å². The maximum atomic E-state index is 5.81. The molecule has 0 spiro atoms. The lowest BCUT2D eigenvalue weighted by Crippen LogP contribution is -2.31. The molecule has 3 nitrogen and oxygen atoms in total. The van der Waals surface area contributed by atoms with Crippen molar-refractivity contribution in [3.05, 3.63) is 29.8 Å². The lowest BCUT2D eigenvalue weighted by atomic mass is 9.80. The average molecular weight is 306 g/mol. The number of hydrogen-bond acceptors (Lipinski definition) is 3. The third-order valence-electron chi connectivity index (χ3n) is 4.81. The van der Waals surface area contributed by atoms with Gasteiger partial charge in [0.05, 0.1) is 6.61 Å². The van der Waals surface area contributed by atoms with Gasteiger partial charge in [0.2, 0.25) is 0 Å². The molecular formula is C19H34N2O. The Kier molecular flexibility index (Phi) is 9.17. The quantitative estimate of drug-likeness (QED) is 0.609. The van der Waals surface area contributed by atoms with E-state index in [0.29, 0.717) is 30.8 Å². The Hall–Kier alpha value is -1.06. The first kappa shape index (κ1) is 19.0. The maximum absolute atomic E-state index is 5.81. The normalized spacial score (nSPS) is 14.1. The summed E-state index contributed by atoms with van der Waals surface area (Å²) in [7, 11) is 0. The molecule has 0 fully saturated rings. The molecule has 0 bridgehead atoms. The lowest BCUT2D eigenvalue weighted by Gasteiger charge is -2.27. The Morgan fingerprint density at radius 2 is 1.59 bits per heavy atom. The Labute approximate surface area is 136 Å². The molecule has 0 aromatic heterocycles. The van der Waals surface area contributed by atoms with Gasteiger partial charge in [-0.1, -0.05) is 52.2 Å². The summed E-state index contributed by atoms with van der Waals surface area (Å²) in [5.41, 5.74) is 13.0. The molecule has 2 unspecified atom stereocenters. The molecule has 0 saturated heterocycles. The molecule has 22 heavy (non-hydrogen) atoms. The molecule has 1 aromatic carbocycles. The predicted molar refractivity (Wildman–Crippen MR) is 95.3 cm³/mol. The number of benzene rings is 1. The van der Waals surface area contributed by atoms with Gasteiger partial charge in [-0.25, -0.2) is 0 Å². The van der Waals surface area contributed by atoms with Crippen LogP contribution in [0.15, 0.2) is 24.3 Å². The van der Waals surface area contributed by atoms with Crippen LogP contribution in [0.5, 0.6) is 5.75 Å². The van der Waals surface area contributed by atoms with Crippen LogP contribution in [-0.2, 0) is 0 Å². The van der Waals surface area contributed by atoms with Crippen LogP contribution in [-0.4, -0.2) is 19.7 Å². The summed E-state index contributed by atoms with van der Waals surface area (Å²) in [4.78, 5) is 0. The molecule has 0 amide bonds. The van der Waals surface area contributed by atoms with Crippen LogP contribution in [0.3, 0.4) is 0 Å². The van der Waals surface area contributed by atoms with E-state index in [1.54, 1.807) is 0 Å². The Morgan fingerprint density at radius 1 is 0.955 bits per heavy atom. The van der Waals surface area contributed by atoms with Crippen molar-refractivity contribution in [3.63, 3.8) is 0 Å². The van der Waals surface area contributed by atoms with Gasteiger partial charge < -0.3 is 16.2 Å². The van der Waals surface area contributed by atoms with E-state index >= 15 is 0 Å². The number of unbranched alkanes of at least 4 members (excludes halogenated alkanes) is 3. The van der Waals surface area contributed by atoms with E-state index < -0.39 is 0 Å². The summed E-state index contributed by atoms with van der Waals surface area (Å²) in [6, 6.07) is 8.51. The summed E-state index contributed by atoms with van der Waals surface area (Å²) in [5.74, 6) is 2.28. The third kappa shape index (κ3) is 5.98. The largest absolute Gasteiger partial charge is 0.494 e. The standard InChI is InChI=1S/C19H34N2O/c1-4-5-6-7-12-22-19-10-8-17(9-11-19)15(2)16(3)18(13-20)14-21/h8-11,15-16,18H,4-7,12-14,20-21H2,1-3H3. The highest BCUT2D eigenvalue weighted by Gasteiger charge is 2.21. The summed E-state index contributed by atoms with van der Waals surface area (Å²) in [5, 5.41) is 0. The second kappa shape index (κ2) is 10.6. The van der Waals surface area contributed by atoms with Crippen molar-refractivity contribution in [3.8, 4) is 5.75 Å². The van der Waals surface area contributed by atoms with Crippen LogP contribution >= 0.6 is 0 Å². The van der Waals surface area contributed by atoms with Crippen LogP contribution in [0.2, 0.25) is 0 Å². The van der Waals surface area contributed by atoms with Gasteiger partial charge in [0.1, 0.15) is 5.75 Å². The van der Waals surface area contributed by atoms with Crippen LogP contribution < -0.4 is 16.2 Å². The van der Waals surface area contributed by atoms with Gasteiger partial charge in [0.25, 0.3) is 0 Å². The minimum Gasteiger partial charge on any atom is -0.494 e. The van der Waals surface area contributed by atoms with E-state index in [2.05, 4.69) is 45.0 Å². The van der Waals surface area contributed by atoms with E-state index in [4.69, 9.17) is 16.2 Å². The predicted octanol–water partition coefficient (Wildman–Crippen LogP) is 3.92. The number of ether oxygens (including phenoxy) is 1. The summed E-state index contributed by atoms with van der Waals surface area (Å²) in [6.07, 6.45) is 4.94.